The summed E-state index contributed by atoms with van der Waals surface area (Å²) in [6.07, 6.45) is 0.844. The lowest BCUT2D eigenvalue weighted by Crippen LogP contribution is -1.80. The maximum Gasteiger partial charge on any atom is 0.150 e. The van der Waals surface area contributed by atoms with Gasteiger partial charge >= 0.3 is 0 Å². The normalized spacial score (nSPS) is 10.1. The van der Waals surface area contributed by atoms with Gasteiger partial charge in [-0.2, -0.15) is 0 Å². The lowest BCUT2D eigenvalue weighted by Gasteiger charge is -1.95. The van der Waals surface area contributed by atoms with Crippen LogP contribution >= 0.6 is 11.3 Å². The van der Waals surface area contributed by atoms with E-state index in [4.69, 9.17) is 0 Å². The topological polar surface area (TPSA) is 30.0 Å². The fraction of sp³-hybridized carbons (Fsp3) is 0.0909. The Labute approximate surface area is 86.2 Å². The van der Waals surface area contributed by atoms with Gasteiger partial charge in [0.1, 0.15) is 11.3 Å². The Morgan fingerprint density at radius 3 is 2.50 bits per heavy atom. The Morgan fingerprint density at radius 2 is 2.00 bits per heavy atom. The van der Waals surface area contributed by atoms with Crippen molar-refractivity contribution in [1.29, 1.82) is 0 Å². The highest BCUT2D eigenvalue weighted by atomic mass is 32.1. The molecule has 2 aromatic rings. The predicted octanol–water partition coefficient (Wildman–Crippen LogP) is 2.93. The SMILES string of the molecule is Cc1csc(-c2ccc(C=O)cc2)n1. The van der Waals surface area contributed by atoms with E-state index in [1.54, 1.807) is 23.5 Å². The third-order valence-corrected chi connectivity index (χ3v) is 2.92. The van der Waals surface area contributed by atoms with E-state index in [9.17, 15) is 4.79 Å². The molecule has 0 atom stereocenters. The van der Waals surface area contributed by atoms with Gasteiger partial charge in [0, 0.05) is 22.2 Å². The summed E-state index contributed by atoms with van der Waals surface area (Å²) in [7, 11) is 0. The monoisotopic (exact) mass is 203 g/mol. The van der Waals surface area contributed by atoms with Crippen LogP contribution in [0.3, 0.4) is 0 Å². The van der Waals surface area contributed by atoms with Crippen molar-refractivity contribution in [2.75, 3.05) is 0 Å². The number of benzene rings is 1. The highest BCUT2D eigenvalue weighted by Gasteiger charge is 2.01. The van der Waals surface area contributed by atoms with E-state index in [2.05, 4.69) is 4.98 Å². The van der Waals surface area contributed by atoms with Crippen molar-refractivity contribution < 1.29 is 4.79 Å². The second-order valence-electron chi connectivity index (χ2n) is 3.03. The lowest BCUT2D eigenvalue weighted by atomic mass is 10.1. The fourth-order valence-electron chi connectivity index (χ4n) is 1.19. The van der Waals surface area contributed by atoms with Crippen molar-refractivity contribution >= 4 is 17.6 Å². The summed E-state index contributed by atoms with van der Waals surface area (Å²) in [5.41, 5.74) is 2.79. The molecule has 0 bridgehead atoms. The van der Waals surface area contributed by atoms with Crippen molar-refractivity contribution in [2.45, 2.75) is 6.92 Å². The van der Waals surface area contributed by atoms with Gasteiger partial charge in [-0.05, 0) is 6.92 Å². The zero-order valence-electron chi connectivity index (χ0n) is 7.73. The number of thiazole rings is 1. The minimum atomic E-state index is 0.696. The van der Waals surface area contributed by atoms with Crippen molar-refractivity contribution in [3.8, 4) is 10.6 Å². The highest BCUT2D eigenvalue weighted by molar-refractivity contribution is 7.13. The largest absolute Gasteiger partial charge is 0.298 e. The summed E-state index contributed by atoms with van der Waals surface area (Å²) < 4.78 is 0. The van der Waals surface area contributed by atoms with Gasteiger partial charge in [-0.25, -0.2) is 4.98 Å². The number of carbonyl (C=O) groups is 1. The van der Waals surface area contributed by atoms with Crippen LogP contribution in [0.5, 0.6) is 0 Å². The standard InChI is InChI=1S/C11H9NOS/c1-8-7-14-11(12-8)10-4-2-9(6-13)3-5-10/h2-7H,1H3. The molecule has 2 rings (SSSR count). The number of aryl methyl sites for hydroxylation is 1. The van der Waals surface area contributed by atoms with Gasteiger partial charge in [0.15, 0.2) is 0 Å². The number of rotatable bonds is 2. The molecule has 1 aromatic carbocycles. The average molecular weight is 203 g/mol. The van der Waals surface area contributed by atoms with E-state index >= 15 is 0 Å². The van der Waals surface area contributed by atoms with Crippen molar-refractivity contribution in [2.24, 2.45) is 0 Å². The molecular formula is C11H9NOS. The molecule has 0 saturated heterocycles. The number of carbonyl (C=O) groups excluding carboxylic acids is 1. The number of hydrogen-bond acceptors (Lipinski definition) is 3. The molecule has 0 aliphatic heterocycles. The van der Waals surface area contributed by atoms with Gasteiger partial charge < -0.3 is 0 Å². The predicted molar refractivity (Wildman–Crippen MR) is 57.7 cm³/mol. The van der Waals surface area contributed by atoms with Gasteiger partial charge in [-0.3, -0.25) is 4.79 Å². The molecule has 1 heterocycles. The summed E-state index contributed by atoms with van der Waals surface area (Å²) in [4.78, 5) is 14.8. The molecule has 3 heteroatoms. The van der Waals surface area contributed by atoms with Crippen molar-refractivity contribution in [1.82, 2.24) is 4.98 Å². The third-order valence-electron chi connectivity index (χ3n) is 1.91. The number of aldehydes is 1. The number of hydrogen-bond donors (Lipinski definition) is 0. The van der Waals surface area contributed by atoms with Crippen LogP contribution in [0.25, 0.3) is 10.6 Å². The van der Waals surface area contributed by atoms with Crippen LogP contribution < -0.4 is 0 Å². The second-order valence-corrected chi connectivity index (χ2v) is 3.89. The van der Waals surface area contributed by atoms with Crippen LogP contribution in [0.15, 0.2) is 29.6 Å². The molecule has 1 aromatic heterocycles. The maximum atomic E-state index is 10.4. The van der Waals surface area contributed by atoms with Gasteiger partial charge in [0.2, 0.25) is 0 Å². The summed E-state index contributed by atoms with van der Waals surface area (Å²) in [6.45, 7) is 1.97. The molecule has 14 heavy (non-hydrogen) atoms. The van der Waals surface area contributed by atoms with Gasteiger partial charge in [-0.15, -0.1) is 11.3 Å². The Balaban J connectivity index is 2.38. The molecule has 0 N–H and O–H groups in total. The molecule has 0 saturated carbocycles. The summed E-state index contributed by atoms with van der Waals surface area (Å²) in [5.74, 6) is 0. The van der Waals surface area contributed by atoms with E-state index in [1.807, 2.05) is 24.4 Å². The first-order valence-electron chi connectivity index (χ1n) is 4.27. The van der Waals surface area contributed by atoms with E-state index in [0.717, 1.165) is 22.6 Å². The average Bonchev–Trinajstić information content (AvgIpc) is 2.65. The number of aromatic nitrogens is 1. The van der Waals surface area contributed by atoms with Crippen LogP contribution in [-0.2, 0) is 0 Å². The Hall–Kier alpha value is -1.48. The van der Waals surface area contributed by atoms with Crippen LogP contribution in [0, 0.1) is 6.92 Å². The first-order chi connectivity index (χ1) is 6.79. The van der Waals surface area contributed by atoms with Gasteiger partial charge in [-0.1, -0.05) is 24.3 Å². The summed E-state index contributed by atoms with van der Waals surface area (Å²) in [6, 6.07) is 7.45. The lowest BCUT2D eigenvalue weighted by molar-refractivity contribution is 0.112. The van der Waals surface area contributed by atoms with E-state index in [1.165, 1.54) is 0 Å². The Morgan fingerprint density at radius 1 is 1.29 bits per heavy atom. The van der Waals surface area contributed by atoms with Crippen molar-refractivity contribution in [3.05, 3.63) is 40.9 Å². The molecule has 0 radical (unpaired) electrons. The second kappa shape index (κ2) is 3.72. The molecular weight excluding hydrogens is 194 g/mol. The van der Waals surface area contributed by atoms with Crippen LogP contribution in [0.2, 0.25) is 0 Å². The quantitative estimate of drug-likeness (QED) is 0.702. The smallest absolute Gasteiger partial charge is 0.150 e. The van der Waals surface area contributed by atoms with Crippen LogP contribution in [0.4, 0.5) is 0 Å². The third kappa shape index (κ3) is 1.72. The maximum absolute atomic E-state index is 10.4. The van der Waals surface area contributed by atoms with Gasteiger partial charge in [0.05, 0.1) is 0 Å². The Kier molecular flexibility index (Phi) is 2.41. The van der Waals surface area contributed by atoms with E-state index in [0.29, 0.717) is 5.56 Å². The zero-order valence-corrected chi connectivity index (χ0v) is 8.54. The summed E-state index contributed by atoms with van der Waals surface area (Å²) >= 11 is 1.62. The first-order valence-corrected chi connectivity index (χ1v) is 5.15. The summed E-state index contributed by atoms with van der Waals surface area (Å²) in [5, 5.41) is 3.02. The van der Waals surface area contributed by atoms with E-state index < -0.39 is 0 Å². The molecule has 70 valence electrons. The van der Waals surface area contributed by atoms with Gasteiger partial charge in [0.25, 0.3) is 0 Å². The first kappa shape index (κ1) is 9.09. The zero-order chi connectivity index (χ0) is 9.97. The molecule has 0 fully saturated rings. The molecule has 0 unspecified atom stereocenters. The minimum Gasteiger partial charge on any atom is -0.298 e. The molecule has 2 nitrogen and oxygen atoms in total. The van der Waals surface area contributed by atoms with E-state index in [-0.39, 0.29) is 0 Å². The Bertz CT molecular complexity index is 445. The number of nitrogens with zero attached hydrogens (tertiary/aromatic N) is 1. The minimum absolute atomic E-state index is 0.696. The highest BCUT2D eigenvalue weighted by Crippen LogP contribution is 2.23. The van der Waals surface area contributed by atoms with Crippen molar-refractivity contribution in [3.63, 3.8) is 0 Å². The molecule has 0 aliphatic carbocycles. The fourth-order valence-corrected chi connectivity index (χ4v) is 1.99. The van der Waals surface area contributed by atoms with Crippen LogP contribution in [-0.4, -0.2) is 11.3 Å². The molecule has 0 spiro atoms. The molecule has 0 aliphatic rings. The van der Waals surface area contributed by atoms with Crippen LogP contribution in [0.1, 0.15) is 16.1 Å². The molecule has 0 amide bonds.